The molecule has 0 spiro atoms. The van der Waals surface area contributed by atoms with E-state index in [-0.39, 0.29) is 17.9 Å². The molecule has 2 aliphatic rings. The predicted octanol–water partition coefficient (Wildman–Crippen LogP) is 2.87. The van der Waals surface area contributed by atoms with E-state index in [1.807, 2.05) is 6.07 Å². The first kappa shape index (κ1) is 19.7. The number of aliphatic hydroxyl groups is 1. The number of benzene rings is 1. The minimum absolute atomic E-state index is 0.00330. The number of nitrogens with zero attached hydrogens (tertiary/aromatic N) is 3. The van der Waals surface area contributed by atoms with Crippen molar-refractivity contribution in [1.29, 1.82) is 0 Å². The molecule has 0 unspecified atom stereocenters. The molecule has 1 atom stereocenters. The Labute approximate surface area is 183 Å². The fraction of sp³-hybridized carbons (Fsp3) is 0.167. The van der Waals surface area contributed by atoms with Gasteiger partial charge >= 0.3 is 0 Å². The minimum atomic E-state index is -0.794. The summed E-state index contributed by atoms with van der Waals surface area (Å²) >= 11 is 0. The standard InChI is InChI=1S/C24H19N3O5/c28-22(16-5-6-18-19(11-16)32-10-9-31-18)20-21(17-4-2-8-26-13-17)27(24(30)23(20)29)14-15-3-1-7-25-12-15/h1-8,11-13,21,28H,9-10,14H2/b22-20+/t21-/m0/s1. The van der Waals surface area contributed by atoms with Crippen LogP contribution < -0.4 is 9.47 Å². The highest BCUT2D eigenvalue weighted by atomic mass is 16.6. The van der Waals surface area contributed by atoms with Gasteiger partial charge in [-0.05, 0) is 41.5 Å². The first-order valence-electron chi connectivity index (χ1n) is 10.1. The number of pyridine rings is 2. The van der Waals surface area contributed by atoms with Crippen molar-refractivity contribution >= 4 is 17.4 Å². The van der Waals surface area contributed by atoms with Gasteiger partial charge < -0.3 is 19.5 Å². The number of Topliss-reactive ketones (excluding diaryl/α,β-unsaturated/α-hetero) is 1. The van der Waals surface area contributed by atoms with Crippen molar-refractivity contribution in [2.45, 2.75) is 12.6 Å². The average molecular weight is 429 g/mol. The van der Waals surface area contributed by atoms with Crippen LogP contribution in [0.1, 0.15) is 22.7 Å². The van der Waals surface area contributed by atoms with Crippen LogP contribution in [0.25, 0.3) is 5.76 Å². The summed E-state index contributed by atoms with van der Waals surface area (Å²) in [5.74, 6) is -0.684. The number of hydrogen-bond acceptors (Lipinski definition) is 7. The van der Waals surface area contributed by atoms with Crippen LogP contribution in [0, 0.1) is 0 Å². The van der Waals surface area contributed by atoms with Crippen LogP contribution in [0.4, 0.5) is 0 Å². The summed E-state index contributed by atoms with van der Waals surface area (Å²) in [6, 6.07) is 11.2. The second-order valence-electron chi connectivity index (χ2n) is 7.43. The lowest BCUT2D eigenvalue weighted by Crippen LogP contribution is -2.29. The van der Waals surface area contributed by atoms with Crippen molar-refractivity contribution in [2.24, 2.45) is 0 Å². The van der Waals surface area contributed by atoms with E-state index in [4.69, 9.17) is 9.47 Å². The number of ether oxygens (including phenoxy) is 2. The lowest BCUT2D eigenvalue weighted by molar-refractivity contribution is -0.140. The Bertz CT molecular complexity index is 1210. The number of rotatable bonds is 4. The molecule has 1 N–H and O–H groups in total. The van der Waals surface area contributed by atoms with Gasteiger partial charge in [-0.25, -0.2) is 0 Å². The number of fused-ring (bicyclic) bond motifs is 1. The van der Waals surface area contributed by atoms with Gasteiger partial charge in [0.2, 0.25) is 0 Å². The number of likely N-dealkylation sites (tertiary alicyclic amines) is 1. The van der Waals surface area contributed by atoms with Crippen LogP contribution in [0.5, 0.6) is 11.5 Å². The van der Waals surface area contributed by atoms with Gasteiger partial charge in [-0.3, -0.25) is 19.6 Å². The molecule has 8 nitrogen and oxygen atoms in total. The van der Waals surface area contributed by atoms with Gasteiger partial charge in [0.1, 0.15) is 19.0 Å². The Morgan fingerprint density at radius 3 is 2.47 bits per heavy atom. The largest absolute Gasteiger partial charge is 0.507 e. The molecular formula is C24H19N3O5. The van der Waals surface area contributed by atoms with Crippen LogP contribution in [-0.4, -0.2) is 44.9 Å². The number of amides is 1. The zero-order valence-electron chi connectivity index (χ0n) is 17.0. The van der Waals surface area contributed by atoms with Crippen LogP contribution >= 0.6 is 0 Å². The van der Waals surface area contributed by atoms with Gasteiger partial charge in [0, 0.05) is 36.9 Å². The van der Waals surface area contributed by atoms with E-state index >= 15 is 0 Å². The lowest BCUT2D eigenvalue weighted by Gasteiger charge is -2.25. The number of aromatic nitrogens is 2. The molecule has 5 rings (SSSR count). The van der Waals surface area contributed by atoms with Crippen molar-refractivity contribution in [2.75, 3.05) is 13.2 Å². The molecule has 1 aromatic carbocycles. The van der Waals surface area contributed by atoms with Crippen molar-refractivity contribution in [3.8, 4) is 11.5 Å². The predicted molar refractivity (Wildman–Crippen MR) is 114 cm³/mol. The molecular weight excluding hydrogens is 410 g/mol. The molecule has 0 aliphatic carbocycles. The van der Waals surface area contributed by atoms with Crippen LogP contribution in [0.2, 0.25) is 0 Å². The zero-order chi connectivity index (χ0) is 22.1. The molecule has 0 saturated carbocycles. The van der Waals surface area contributed by atoms with E-state index in [1.54, 1.807) is 61.2 Å². The van der Waals surface area contributed by atoms with E-state index in [0.29, 0.717) is 35.8 Å². The van der Waals surface area contributed by atoms with Crippen molar-refractivity contribution in [1.82, 2.24) is 14.9 Å². The molecule has 2 aliphatic heterocycles. The molecule has 160 valence electrons. The van der Waals surface area contributed by atoms with E-state index in [0.717, 1.165) is 5.56 Å². The Hall–Kier alpha value is -4.20. The maximum Gasteiger partial charge on any atom is 0.295 e. The Morgan fingerprint density at radius 1 is 1.00 bits per heavy atom. The van der Waals surface area contributed by atoms with Gasteiger partial charge in [0.25, 0.3) is 11.7 Å². The molecule has 1 amide bonds. The summed E-state index contributed by atoms with van der Waals surface area (Å²) in [6.07, 6.45) is 6.47. The normalized spacial score (nSPS) is 19.2. The third-order valence-corrected chi connectivity index (χ3v) is 5.43. The van der Waals surface area contributed by atoms with E-state index < -0.39 is 17.7 Å². The van der Waals surface area contributed by atoms with Gasteiger partial charge in [-0.2, -0.15) is 0 Å². The first-order valence-corrected chi connectivity index (χ1v) is 10.1. The topological polar surface area (TPSA) is 102 Å². The Balaban J connectivity index is 1.62. The van der Waals surface area contributed by atoms with E-state index in [9.17, 15) is 14.7 Å². The summed E-state index contributed by atoms with van der Waals surface area (Å²) in [6.45, 7) is 0.997. The molecule has 0 bridgehead atoms. The number of hydrogen-bond donors (Lipinski definition) is 1. The molecule has 3 aromatic rings. The Morgan fingerprint density at radius 2 is 1.75 bits per heavy atom. The second kappa shape index (κ2) is 8.14. The highest BCUT2D eigenvalue weighted by Gasteiger charge is 2.46. The fourth-order valence-electron chi connectivity index (χ4n) is 3.96. The molecule has 32 heavy (non-hydrogen) atoms. The van der Waals surface area contributed by atoms with Crippen molar-refractivity contribution in [3.63, 3.8) is 0 Å². The van der Waals surface area contributed by atoms with Gasteiger partial charge in [-0.1, -0.05) is 12.1 Å². The number of aliphatic hydroxyl groups excluding tert-OH is 1. The van der Waals surface area contributed by atoms with Crippen molar-refractivity contribution in [3.05, 3.63) is 89.5 Å². The SMILES string of the molecule is O=C1C(=O)N(Cc2cccnc2)[C@@H](c2cccnc2)/C1=C(\O)c1ccc2c(c1)OCCO2. The smallest absolute Gasteiger partial charge is 0.295 e. The maximum atomic E-state index is 13.1. The summed E-state index contributed by atoms with van der Waals surface area (Å²) in [7, 11) is 0. The molecule has 1 saturated heterocycles. The van der Waals surface area contributed by atoms with E-state index in [2.05, 4.69) is 9.97 Å². The van der Waals surface area contributed by atoms with Crippen LogP contribution in [-0.2, 0) is 16.1 Å². The third kappa shape index (κ3) is 3.45. The van der Waals surface area contributed by atoms with Gasteiger partial charge in [0.05, 0.1) is 11.6 Å². The monoisotopic (exact) mass is 429 g/mol. The highest BCUT2D eigenvalue weighted by molar-refractivity contribution is 6.46. The second-order valence-corrected chi connectivity index (χ2v) is 7.43. The van der Waals surface area contributed by atoms with Gasteiger partial charge in [-0.15, -0.1) is 0 Å². The van der Waals surface area contributed by atoms with E-state index in [1.165, 1.54) is 4.90 Å². The Kier molecular flexibility index (Phi) is 5.03. The minimum Gasteiger partial charge on any atom is -0.507 e. The quantitative estimate of drug-likeness (QED) is 0.387. The summed E-state index contributed by atoms with van der Waals surface area (Å²) < 4.78 is 11.1. The maximum absolute atomic E-state index is 13.1. The summed E-state index contributed by atoms with van der Waals surface area (Å²) in [5.41, 5.74) is 1.75. The highest BCUT2D eigenvalue weighted by Crippen LogP contribution is 2.41. The fourth-order valence-corrected chi connectivity index (χ4v) is 3.96. The molecule has 2 aromatic heterocycles. The number of carbonyl (C=O) groups is 2. The first-order chi connectivity index (χ1) is 15.6. The van der Waals surface area contributed by atoms with Crippen LogP contribution in [0.3, 0.4) is 0 Å². The number of ketones is 1. The number of carbonyl (C=O) groups excluding carboxylic acids is 2. The van der Waals surface area contributed by atoms with Gasteiger partial charge in [0.15, 0.2) is 11.5 Å². The average Bonchev–Trinajstić information content (AvgIpc) is 3.09. The van der Waals surface area contributed by atoms with Crippen LogP contribution in [0.15, 0.2) is 72.8 Å². The lowest BCUT2D eigenvalue weighted by atomic mass is 9.96. The van der Waals surface area contributed by atoms with Crippen molar-refractivity contribution < 1.29 is 24.2 Å². The third-order valence-electron chi connectivity index (χ3n) is 5.43. The summed E-state index contributed by atoms with van der Waals surface area (Å²) in [5, 5.41) is 11.2. The molecule has 4 heterocycles. The molecule has 8 heteroatoms. The summed E-state index contributed by atoms with van der Waals surface area (Å²) in [4.78, 5) is 35.8. The molecule has 1 fully saturated rings. The molecule has 0 radical (unpaired) electrons. The zero-order valence-corrected chi connectivity index (χ0v) is 17.0.